The predicted molar refractivity (Wildman–Crippen MR) is 77.9 cm³/mol. The van der Waals surface area contributed by atoms with Crippen molar-refractivity contribution in [3.05, 3.63) is 29.3 Å². The molecule has 1 aliphatic heterocycles. The molecule has 6 heteroatoms. The number of nitrogens with zero attached hydrogens (tertiary/aromatic N) is 1. The molecule has 0 atom stereocenters. The van der Waals surface area contributed by atoms with Crippen molar-refractivity contribution in [1.82, 2.24) is 4.31 Å². The molecule has 0 bridgehead atoms. The number of rotatable bonds is 3. The molecule has 2 N–H and O–H groups in total. The molecule has 0 amide bonds. The van der Waals surface area contributed by atoms with Crippen LogP contribution in [0, 0.1) is 6.92 Å². The van der Waals surface area contributed by atoms with Gasteiger partial charge in [-0.25, -0.2) is 8.42 Å². The Bertz CT molecular complexity index is 596. The summed E-state index contributed by atoms with van der Waals surface area (Å²) in [7, 11) is -3.54. The molecule has 112 valence electrons. The van der Waals surface area contributed by atoms with Gasteiger partial charge in [-0.05, 0) is 38.0 Å². The third kappa shape index (κ3) is 2.74. The maximum absolute atomic E-state index is 12.9. The molecule has 0 radical (unpaired) electrons. The Kier molecular flexibility index (Phi) is 4.20. The Morgan fingerprint density at radius 2 is 2.10 bits per heavy atom. The molecule has 0 unspecified atom stereocenters. The number of hydrogen-bond donors (Lipinski definition) is 1. The van der Waals surface area contributed by atoms with E-state index in [4.69, 9.17) is 10.5 Å². The molecule has 20 heavy (non-hydrogen) atoms. The Morgan fingerprint density at radius 1 is 1.40 bits per heavy atom. The predicted octanol–water partition coefficient (Wildman–Crippen LogP) is 1.25. The first-order chi connectivity index (χ1) is 9.29. The highest BCUT2D eigenvalue weighted by atomic mass is 32.2. The lowest BCUT2D eigenvalue weighted by atomic mass is 10.1. The summed E-state index contributed by atoms with van der Waals surface area (Å²) in [6.07, 6.45) is 0. The van der Waals surface area contributed by atoms with Crippen LogP contribution in [0.3, 0.4) is 0 Å². The van der Waals surface area contributed by atoms with E-state index in [1.807, 2.05) is 26.0 Å². The molecule has 1 heterocycles. The summed E-state index contributed by atoms with van der Waals surface area (Å²) in [6, 6.07) is 5.34. The van der Waals surface area contributed by atoms with Crippen LogP contribution in [0.15, 0.2) is 23.1 Å². The normalized spacial score (nSPS) is 20.0. The number of aryl methyl sites for hydroxylation is 1. The minimum Gasteiger partial charge on any atom is -0.378 e. The van der Waals surface area contributed by atoms with Crippen LogP contribution >= 0.6 is 0 Å². The zero-order chi connectivity index (χ0) is 15.0. The average molecular weight is 298 g/mol. The molecule has 0 aromatic heterocycles. The standard InChI is InChI=1S/C14H22N2O3S/c1-11-4-5-12(9-15)8-13(11)20(17,18)16-6-7-19-10-14(16,2)3/h4-5,8H,6-7,9-10,15H2,1-3H3. The monoisotopic (exact) mass is 298 g/mol. The SMILES string of the molecule is Cc1ccc(CN)cc1S(=O)(=O)N1CCOCC1(C)C. The summed E-state index contributed by atoms with van der Waals surface area (Å²) in [5, 5.41) is 0. The summed E-state index contributed by atoms with van der Waals surface area (Å²) >= 11 is 0. The van der Waals surface area contributed by atoms with Crippen LogP contribution in [0.1, 0.15) is 25.0 Å². The van der Waals surface area contributed by atoms with Gasteiger partial charge in [-0.1, -0.05) is 12.1 Å². The lowest BCUT2D eigenvalue weighted by Gasteiger charge is -2.41. The number of hydrogen-bond acceptors (Lipinski definition) is 4. The van der Waals surface area contributed by atoms with Gasteiger partial charge in [0.25, 0.3) is 0 Å². The topological polar surface area (TPSA) is 72.6 Å². The highest BCUT2D eigenvalue weighted by Crippen LogP contribution is 2.29. The van der Waals surface area contributed by atoms with Crippen molar-refractivity contribution in [2.75, 3.05) is 19.8 Å². The van der Waals surface area contributed by atoms with Gasteiger partial charge >= 0.3 is 0 Å². The van der Waals surface area contributed by atoms with Gasteiger partial charge in [-0.15, -0.1) is 0 Å². The molecule has 5 nitrogen and oxygen atoms in total. The Balaban J connectivity index is 2.49. The van der Waals surface area contributed by atoms with E-state index in [2.05, 4.69) is 0 Å². The maximum atomic E-state index is 12.9. The highest BCUT2D eigenvalue weighted by Gasteiger charge is 2.40. The largest absolute Gasteiger partial charge is 0.378 e. The number of nitrogens with two attached hydrogens (primary N) is 1. The fraction of sp³-hybridized carbons (Fsp3) is 0.571. The zero-order valence-corrected chi connectivity index (χ0v) is 13.0. The third-order valence-electron chi connectivity index (χ3n) is 3.63. The molecule has 2 rings (SSSR count). The Morgan fingerprint density at radius 3 is 2.70 bits per heavy atom. The highest BCUT2D eigenvalue weighted by molar-refractivity contribution is 7.89. The zero-order valence-electron chi connectivity index (χ0n) is 12.2. The van der Waals surface area contributed by atoms with Crippen LogP contribution in [0.5, 0.6) is 0 Å². The molecule has 1 saturated heterocycles. The molecule has 1 aromatic rings. The first-order valence-electron chi connectivity index (χ1n) is 6.69. The fourth-order valence-corrected chi connectivity index (χ4v) is 4.49. The number of ether oxygens (including phenoxy) is 1. The van der Waals surface area contributed by atoms with Gasteiger partial charge in [0.2, 0.25) is 10.0 Å². The van der Waals surface area contributed by atoms with Crippen molar-refractivity contribution in [1.29, 1.82) is 0 Å². The minimum atomic E-state index is -3.54. The van der Waals surface area contributed by atoms with E-state index in [0.717, 1.165) is 11.1 Å². The van der Waals surface area contributed by atoms with Crippen LogP contribution < -0.4 is 5.73 Å². The second-order valence-corrected chi connectivity index (χ2v) is 7.58. The van der Waals surface area contributed by atoms with Gasteiger partial charge in [0.15, 0.2) is 0 Å². The van der Waals surface area contributed by atoms with Crippen molar-refractivity contribution in [2.24, 2.45) is 5.73 Å². The van der Waals surface area contributed by atoms with Crippen molar-refractivity contribution < 1.29 is 13.2 Å². The van der Waals surface area contributed by atoms with E-state index < -0.39 is 15.6 Å². The van der Waals surface area contributed by atoms with E-state index in [0.29, 0.717) is 31.2 Å². The molecular weight excluding hydrogens is 276 g/mol. The minimum absolute atomic E-state index is 0.329. The van der Waals surface area contributed by atoms with Gasteiger partial charge in [0.1, 0.15) is 0 Å². The van der Waals surface area contributed by atoms with E-state index in [1.165, 1.54) is 4.31 Å². The lowest BCUT2D eigenvalue weighted by Crippen LogP contribution is -2.55. The van der Waals surface area contributed by atoms with Gasteiger partial charge in [0.05, 0.1) is 23.6 Å². The first-order valence-corrected chi connectivity index (χ1v) is 8.13. The van der Waals surface area contributed by atoms with Crippen LogP contribution in [-0.2, 0) is 21.3 Å². The fourth-order valence-electron chi connectivity index (χ4n) is 2.46. The van der Waals surface area contributed by atoms with Crippen molar-refractivity contribution >= 4 is 10.0 Å². The van der Waals surface area contributed by atoms with Gasteiger partial charge in [-0.3, -0.25) is 0 Å². The van der Waals surface area contributed by atoms with E-state index in [9.17, 15) is 8.42 Å². The van der Waals surface area contributed by atoms with Crippen LogP contribution in [0.4, 0.5) is 0 Å². The molecule has 1 aromatic carbocycles. The summed E-state index contributed by atoms with van der Waals surface area (Å²) in [6.45, 7) is 7.11. The Hall–Kier alpha value is -0.950. The van der Waals surface area contributed by atoms with Gasteiger partial charge in [-0.2, -0.15) is 4.31 Å². The van der Waals surface area contributed by atoms with Crippen molar-refractivity contribution in [3.63, 3.8) is 0 Å². The van der Waals surface area contributed by atoms with Gasteiger partial charge < -0.3 is 10.5 Å². The molecule has 0 spiro atoms. The number of sulfonamides is 1. The summed E-state index contributed by atoms with van der Waals surface area (Å²) in [5.74, 6) is 0. The number of benzene rings is 1. The summed E-state index contributed by atoms with van der Waals surface area (Å²) in [5.41, 5.74) is 6.64. The summed E-state index contributed by atoms with van der Waals surface area (Å²) < 4.78 is 32.8. The average Bonchev–Trinajstić information content (AvgIpc) is 2.38. The smallest absolute Gasteiger partial charge is 0.243 e. The maximum Gasteiger partial charge on any atom is 0.243 e. The van der Waals surface area contributed by atoms with Crippen molar-refractivity contribution in [3.8, 4) is 0 Å². The molecule has 0 aliphatic carbocycles. The van der Waals surface area contributed by atoms with Crippen molar-refractivity contribution in [2.45, 2.75) is 37.8 Å². The molecule has 1 fully saturated rings. The van der Waals surface area contributed by atoms with E-state index >= 15 is 0 Å². The van der Waals surface area contributed by atoms with Crippen LogP contribution in [-0.4, -0.2) is 38.0 Å². The lowest BCUT2D eigenvalue weighted by molar-refractivity contribution is -0.00772. The molecule has 1 aliphatic rings. The quantitative estimate of drug-likeness (QED) is 0.911. The van der Waals surface area contributed by atoms with Gasteiger partial charge in [0, 0.05) is 13.1 Å². The van der Waals surface area contributed by atoms with Crippen LogP contribution in [0.2, 0.25) is 0 Å². The molecule has 0 saturated carbocycles. The van der Waals surface area contributed by atoms with E-state index in [-0.39, 0.29) is 0 Å². The first kappa shape index (κ1) is 15.4. The summed E-state index contributed by atoms with van der Waals surface area (Å²) in [4.78, 5) is 0.343. The Labute approximate surface area is 120 Å². The van der Waals surface area contributed by atoms with E-state index in [1.54, 1.807) is 13.0 Å². The molecular formula is C14H22N2O3S. The third-order valence-corrected chi connectivity index (χ3v) is 5.88. The van der Waals surface area contributed by atoms with Crippen LogP contribution in [0.25, 0.3) is 0 Å². The number of morpholine rings is 1. The second-order valence-electron chi connectivity index (χ2n) is 5.75. The second kappa shape index (κ2) is 5.44.